The molecule has 0 spiro atoms. The van der Waals surface area contributed by atoms with Crippen LogP contribution < -0.4 is 15.0 Å². The molecule has 4 rings (SSSR count). The van der Waals surface area contributed by atoms with Gasteiger partial charge in [-0.25, -0.2) is 0 Å². The lowest BCUT2D eigenvalue weighted by Gasteiger charge is -2.25. The van der Waals surface area contributed by atoms with E-state index in [0.29, 0.717) is 24.2 Å². The Morgan fingerprint density at radius 1 is 1.14 bits per heavy atom. The predicted octanol–water partition coefficient (Wildman–Crippen LogP) is 3.72. The lowest BCUT2D eigenvalue weighted by Crippen LogP contribution is -2.35. The van der Waals surface area contributed by atoms with Gasteiger partial charge in [0.1, 0.15) is 11.4 Å². The Bertz CT molecular complexity index is 928. The van der Waals surface area contributed by atoms with Gasteiger partial charge >= 0.3 is 6.36 Å². The van der Waals surface area contributed by atoms with Gasteiger partial charge in [0, 0.05) is 36.0 Å². The molecule has 1 saturated heterocycles. The molecule has 1 aliphatic carbocycles. The highest BCUT2D eigenvalue weighted by molar-refractivity contribution is 6.09. The van der Waals surface area contributed by atoms with Crippen LogP contribution in [-0.2, 0) is 4.79 Å². The summed E-state index contributed by atoms with van der Waals surface area (Å²) < 4.78 is 40.7. The highest BCUT2D eigenvalue weighted by Crippen LogP contribution is 2.41. The van der Waals surface area contributed by atoms with E-state index >= 15 is 0 Å². The van der Waals surface area contributed by atoms with Crippen molar-refractivity contribution in [3.63, 3.8) is 0 Å². The van der Waals surface area contributed by atoms with E-state index in [1.54, 1.807) is 6.08 Å². The molecule has 2 aromatic rings. The van der Waals surface area contributed by atoms with Crippen molar-refractivity contribution in [3.05, 3.63) is 66.2 Å². The van der Waals surface area contributed by atoms with Crippen molar-refractivity contribution in [1.29, 1.82) is 0 Å². The van der Waals surface area contributed by atoms with Gasteiger partial charge in [0.25, 0.3) is 5.91 Å². The van der Waals surface area contributed by atoms with Crippen molar-refractivity contribution in [3.8, 4) is 5.75 Å². The first-order valence-corrected chi connectivity index (χ1v) is 9.14. The molecule has 0 saturated carbocycles. The van der Waals surface area contributed by atoms with E-state index in [0.717, 1.165) is 5.69 Å². The van der Waals surface area contributed by atoms with Crippen molar-refractivity contribution < 1.29 is 27.8 Å². The molecule has 2 N–H and O–H groups in total. The van der Waals surface area contributed by atoms with Crippen LogP contribution in [-0.4, -0.2) is 36.1 Å². The molecule has 2 aliphatic rings. The quantitative estimate of drug-likeness (QED) is 0.798. The van der Waals surface area contributed by atoms with Gasteiger partial charge in [0.05, 0.1) is 0 Å². The molecule has 1 aliphatic heterocycles. The van der Waals surface area contributed by atoms with Gasteiger partial charge in [0.15, 0.2) is 0 Å². The third-order valence-electron chi connectivity index (χ3n) is 5.11. The average Bonchev–Trinajstić information content (AvgIpc) is 3.15. The molecule has 8 heteroatoms. The van der Waals surface area contributed by atoms with Crippen LogP contribution in [0.15, 0.2) is 66.2 Å². The molecule has 0 bridgehead atoms. The fourth-order valence-electron chi connectivity index (χ4n) is 3.85. The van der Waals surface area contributed by atoms with Crippen LogP contribution >= 0.6 is 0 Å². The molecule has 1 heterocycles. The molecular formula is C21H19F3N2O3. The number of rotatable bonds is 5. The number of amides is 1. The van der Waals surface area contributed by atoms with Crippen LogP contribution in [0, 0.1) is 5.92 Å². The van der Waals surface area contributed by atoms with Gasteiger partial charge in [-0.2, -0.15) is 0 Å². The number of anilines is 2. The second kappa shape index (κ2) is 7.11. The van der Waals surface area contributed by atoms with Crippen molar-refractivity contribution in [2.75, 3.05) is 23.3 Å². The molecule has 2 unspecified atom stereocenters. The van der Waals surface area contributed by atoms with Gasteiger partial charge in [-0.05, 0) is 48.9 Å². The standard InChI is InChI=1S/C21H19F3N2O3/c22-21(23,24)29-17-8-6-16(7-9-17)26-12-14-10-20(28,11-18(14)19(26)27)13-25-15-4-2-1-3-5-15/h1-9,11,14,25,28H,10,12-13H2. The van der Waals surface area contributed by atoms with E-state index in [4.69, 9.17) is 0 Å². The summed E-state index contributed by atoms with van der Waals surface area (Å²) in [6.07, 6.45) is -2.75. The molecule has 1 fully saturated rings. The van der Waals surface area contributed by atoms with Crippen molar-refractivity contribution in [1.82, 2.24) is 0 Å². The highest BCUT2D eigenvalue weighted by Gasteiger charge is 2.46. The largest absolute Gasteiger partial charge is 0.573 e. The number of benzene rings is 2. The zero-order valence-corrected chi connectivity index (χ0v) is 15.3. The number of nitrogens with zero attached hydrogens (tertiary/aromatic N) is 1. The van der Waals surface area contributed by atoms with Crippen LogP contribution in [0.25, 0.3) is 0 Å². The Morgan fingerprint density at radius 2 is 1.83 bits per heavy atom. The monoisotopic (exact) mass is 404 g/mol. The average molecular weight is 404 g/mol. The molecule has 152 valence electrons. The van der Waals surface area contributed by atoms with Gasteiger partial charge in [-0.15, -0.1) is 13.2 Å². The minimum Gasteiger partial charge on any atom is -0.406 e. The van der Waals surface area contributed by atoms with E-state index in [9.17, 15) is 23.1 Å². The number of alkyl halides is 3. The highest BCUT2D eigenvalue weighted by atomic mass is 19.4. The SMILES string of the molecule is O=C1C2=CC(O)(CNc3ccccc3)CC2CN1c1ccc(OC(F)(F)F)cc1. The summed E-state index contributed by atoms with van der Waals surface area (Å²) in [7, 11) is 0. The molecule has 2 atom stereocenters. The maximum absolute atomic E-state index is 12.8. The van der Waals surface area contributed by atoms with Gasteiger partial charge in [-0.1, -0.05) is 18.2 Å². The number of hydrogen-bond acceptors (Lipinski definition) is 4. The zero-order chi connectivity index (χ0) is 20.6. The summed E-state index contributed by atoms with van der Waals surface area (Å²) >= 11 is 0. The maximum Gasteiger partial charge on any atom is 0.573 e. The number of halogens is 3. The summed E-state index contributed by atoms with van der Waals surface area (Å²) in [5.41, 5.74) is 0.788. The Balaban J connectivity index is 1.43. The smallest absolute Gasteiger partial charge is 0.406 e. The van der Waals surface area contributed by atoms with E-state index < -0.39 is 12.0 Å². The summed E-state index contributed by atoms with van der Waals surface area (Å²) in [4.78, 5) is 14.3. The van der Waals surface area contributed by atoms with Gasteiger partial charge < -0.3 is 20.1 Å². The number of carbonyl (C=O) groups is 1. The molecular weight excluding hydrogens is 385 g/mol. The van der Waals surface area contributed by atoms with Crippen LogP contribution in [0.4, 0.5) is 24.5 Å². The van der Waals surface area contributed by atoms with Crippen LogP contribution in [0.5, 0.6) is 5.75 Å². The maximum atomic E-state index is 12.8. The van der Waals surface area contributed by atoms with Crippen LogP contribution in [0.1, 0.15) is 6.42 Å². The minimum atomic E-state index is -4.76. The Kier molecular flexibility index (Phi) is 4.74. The summed E-state index contributed by atoms with van der Waals surface area (Å²) in [5, 5.41) is 14.0. The zero-order valence-electron chi connectivity index (χ0n) is 15.3. The Morgan fingerprint density at radius 3 is 2.45 bits per heavy atom. The Labute approximate surface area is 165 Å². The first-order chi connectivity index (χ1) is 13.7. The molecule has 1 amide bonds. The number of ether oxygens (including phenoxy) is 1. The lowest BCUT2D eigenvalue weighted by atomic mass is 9.98. The molecule has 29 heavy (non-hydrogen) atoms. The Hall–Kier alpha value is -3.00. The minimum absolute atomic E-state index is 0.129. The second-order valence-corrected chi connectivity index (χ2v) is 7.28. The number of hydrogen-bond donors (Lipinski definition) is 2. The summed E-state index contributed by atoms with van der Waals surface area (Å²) in [6, 6.07) is 14.7. The predicted molar refractivity (Wildman–Crippen MR) is 102 cm³/mol. The summed E-state index contributed by atoms with van der Waals surface area (Å²) in [6.45, 7) is 0.658. The van der Waals surface area contributed by atoms with Gasteiger partial charge in [-0.3, -0.25) is 4.79 Å². The molecule has 0 aromatic heterocycles. The van der Waals surface area contributed by atoms with Crippen LogP contribution in [0.2, 0.25) is 0 Å². The van der Waals surface area contributed by atoms with Crippen molar-refractivity contribution in [2.24, 2.45) is 5.92 Å². The number of carbonyl (C=O) groups excluding carboxylic acids is 1. The van der Waals surface area contributed by atoms with Gasteiger partial charge in [0.2, 0.25) is 0 Å². The second-order valence-electron chi connectivity index (χ2n) is 7.28. The third kappa shape index (κ3) is 4.22. The van der Waals surface area contributed by atoms with Crippen molar-refractivity contribution >= 4 is 17.3 Å². The number of para-hydroxylation sites is 1. The fourth-order valence-corrected chi connectivity index (χ4v) is 3.85. The first-order valence-electron chi connectivity index (χ1n) is 9.14. The fraction of sp³-hybridized carbons (Fsp3) is 0.286. The third-order valence-corrected chi connectivity index (χ3v) is 5.11. The topological polar surface area (TPSA) is 61.8 Å². The molecule has 5 nitrogen and oxygen atoms in total. The van der Waals surface area contributed by atoms with E-state index in [1.165, 1.54) is 29.2 Å². The van der Waals surface area contributed by atoms with Crippen molar-refractivity contribution in [2.45, 2.75) is 18.4 Å². The number of aliphatic hydroxyl groups is 1. The molecule has 2 aromatic carbocycles. The summed E-state index contributed by atoms with van der Waals surface area (Å²) in [5.74, 6) is -0.708. The normalized spacial score (nSPS) is 23.7. The first kappa shape index (κ1) is 19.3. The van der Waals surface area contributed by atoms with E-state index in [2.05, 4.69) is 10.1 Å². The molecule has 0 radical (unpaired) electrons. The van der Waals surface area contributed by atoms with E-state index in [-0.39, 0.29) is 24.1 Å². The number of fused-ring (bicyclic) bond motifs is 1. The number of nitrogens with one attached hydrogen (secondary N) is 1. The van der Waals surface area contributed by atoms with E-state index in [1.807, 2.05) is 30.3 Å². The van der Waals surface area contributed by atoms with Crippen LogP contribution in [0.3, 0.4) is 0 Å². The lowest BCUT2D eigenvalue weighted by molar-refractivity contribution is -0.274.